The summed E-state index contributed by atoms with van der Waals surface area (Å²) in [6, 6.07) is 22.6. The minimum atomic E-state index is 0.472. The minimum Gasteiger partial charge on any atom is -0.329 e. The minimum absolute atomic E-state index is 0.472. The van der Waals surface area contributed by atoms with Crippen LogP contribution in [0.25, 0.3) is 0 Å². The molecule has 4 nitrogen and oxygen atoms in total. The summed E-state index contributed by atoms with van der Waals surface area (Å²) >= 11 is 0. The molecule has 2 heterocycles. The van der Waals surface area contributed by atoms with Gasteiger partial charge in [-0.3, -0.25) is 9.80 Å². The van der Waals surface area contributed by atoms with Crippen molar-refractivity contribution in [1.82, 2.24) is 19.4 Å². The van der Waals surface area contributed by atoms with Crippen LogP contribution in [0.4, 0.5) is 0 Å². The first-order chi connectivity index (χ1) is 14.2. The first-order valence-electron chi connectivity index (χ1n) is 10.8. The largest absolute Gasteiger partial charge is 0.329 e. The van der Waals surface area contributed by atoms with Crippen molar-refractivity contribution >= 4 is 0 Å². The van der Waals surface area contributed by atoms with Crippen molar-refractivity contribution in [3.63, 3.8) is 0 Å². The fourth-order valence-corrected chi connectivity index (χ4v) is 4.46. The third kappa shape index (κ3) is 4.77. The van der Waals surface area contributed by atoms with E-state index < -0.39 is 0 Å². The van der Waals surface area contributed by atoms with E-state index in [0.717, 1.165) is 38.5 Å². The van der Waals surface area contributed by atoms with E-state index in [-0.39, 0.29) is 0 Å². The van der Waals surface area contributed by atoms with Gasteiger partial charge in [0.15, 0.2) is 0 Å². The van der Waals surface area contributed by atoms with Gasteiger partial charge < -0.3 is 4.57 Å². The van der Waals surface area contributed by atoms with E-state index in [4.69, 9.17) is 0 Å². The van der Waals surface area contributed by atoms with Crippen molar-refractivity contribution in [3.8, 4) is 0 Å². The zero-order valence-corrected chi connectivity index (χ0v) is 17.6. The molecule has 3 aromatic rings. The average molecular weight is 389 g/mol. The molecule has 4 rings (SSSR count). The number of likely N-dealkylation sites (N-methyl/N-ethyl adjacent to an activating group) is 1. The lowest BCUT2D eigenvalue weighted by Gasteiger charge is -2.29. The van der Waals surface area contributed by atoms with Crippen LogP contribution in [0, 0.1) is 0 Å². The van der Waals surface area contributed by atoms with Crippen LogP contribution < -0.4 is 0 Å². The number of nitrogens with zero attached hydrogens (tertiary/aromatic N) is 4. The Hall–Kier alpha value is -2.43. The van der Waals surface area contributed by atoms with E-state index in [2.05, 4.69) is 100 Å². The van der Waals surface area contributed by atoms with E-state index in [1.54, 1.807) is 0 Å². The molecular weight excluding hydrogens is 356 g/mol. The van der Waals surface area contributed by atoms with Gasteiger partial charge in [-0.2, -0.15) is 0 Å². The van der Waals surface area contributed by atoms with Crippen molar-refractivity contribution < 1.29 is 0 Å². The van der Waals surface area contributed by atoms with Gasteiger partial charge in [-0.05, 0) is 31.0 Å². The molecule has 1 aliphatic rings. The zero-order valence-electron chi connectivity index (χ0n) is 17.6. The molecule has 1 aliphatic heterocycles. The summed E-state index contributed by atoms with van der Waals surface area (Å²) in [6.45, 7) is 9.74. The van der Waals surface area contributed by atoms with E-state index in [0.29, 0.717) is 12.1 Å². The van der Waals surface area contributed by atoms with Crippen molar-refractivity contribution in [3.05, 3.63) is 90.0 Å². The predicted molar refractivity (Wildman–Crippen MR) is 119 cm³/mol. The lowest BCUT2D eigenvalue weighted by Crippen LogP contribution is -2.38. The number of aromatic nitrogens is 2. The normalized spacial score (nSPS) is 18.4. The average Bonchev–Trinajstić information content (AvgIpc) is 3.43. The Balaban J connectivity index is 1.40. The molecule has 4 heteroatoms. The zero-order chi connectivity index (χ0) is 20.1. The number of hydrogen-bond donors (Lipinski definition) is 0. The van der Waals surface area contributed by atoms with E-state index >= 15 is 0 Å². The Labute approximate surface area is 174 Å². The van der Waals surface area contributed by atoms with Crippen LogP contribution in [0.3, 0.4) is 0 Å². The number of hydrogen-bond acceptors (Lipinski definition) is 3. The molecule has 0 spiro atoms. The van der Waals surface area contributed by atoms with Crippen molar-refractivity contribution in [1.29, 1.82) is 0 Å². The molecule has 2 aromatic carbocycles. The molecule has 0 bridgehead atoms. The molecule has 0 aliphatic carbocycles. The topological polar surface area (TPSA) is 24.3 Å². The van der Waals surface area contributed by atoms with Crippen LogP contribution in [0.15, 0.2) is 73.1 Å². The Morgan fingerprint density at radius 1 is 1.07 bits per heavy atom. The first kappa shape index (κ1) is 19.9. The summed E-state index contributed by atoms with van der Waals surface area (Å²) in [5.41, 5.74) is 2.73. The van der Waals surface area contributed by atoms with Crippen molar-refractivity contribution in [2.45, 2.75) is 45.4 Å². The Morgan fingerprint density at radius 3 is 2.52 bits per heavy atom. The summed E-state index contributed by atoms with van der Waals surface area (Å²) in [5, 5.41) is 0. The highest BCUT2D eigenvalue weighted by molar-refractivity contribution is 5.19. The highest BCUT2D eigenvalue weighted by Crippen LogP contribution is 2.27. The molecule has 1 fully saturated rings. The fraction of sp³-hybridized carbons (Fsp3) is 0.400. The van der Waals surface area contributed by atoms with Crippen LogP contribution in [0.5, 0.6) is 0 Å². The molecule has 2 unspecified atom stereocenters. The number of rotatable bonds is 8. The molecule has 1 aromatic heterocycles. The van der Waals surface area contributed by atoms with Gasteiger partial charge in [0, 0.05) is 44.1 Å². The fourth-order valence-electron chi connectivity index (χ4n) is 4.46. The van der Waals surface area contributed by atoms with Crippen LogP contribution in [-0.4, -0.2) is 45.0 Å². The Bertz CT molecular complexity index is 874. The maximum absolute atomic E-state index is 4.68. The summed E-state index contributed by atoms with van der Waals surface area (Å²) in [6.07, 6.45) is 5.27. The third-order valence-corrected chi connectivity index (χ3v) is 6.29. The van der Waals surface area contributed by atoms with Gasteiger partial charge >= 0.3 is 0 Å². The second-order valence-electron chi connectivity index (χ2n) is 8.04. The van der Waals surface area contributed by atoms with Crippen LogP contribution in [-0.2, 0) is 13.1 Å². The first-order valence-corrected chi connectivity index (χ1v) is 10.8. The SMILES string of the molecule is CCN(Cc1nccn1Cc1ccccc1)C1CCN(C(C)c2ccccc2)C1. The molecule has 0 N–H and O–H groups in total. The van der Waals surface area contributed by atoms with Crippen LogP contribution >= 0.6 is 0 Å². The molecule has 1 saturated heterocycles. The maximum Gasteiger partial charge on any atom is 0.123 e. The lowest BCUT2D eigenvalue weighted by molar-refractivity contribution is 0.175. The van der Waals surface area contributed by atoms with Crippen molar-refractivity contribution in [2.24, 2.45) is 0 Å². The molecule has 0 amide bonds. The standard InChI is InChI=1S/C25H32N4/c1-3-27(20-25-26-15-17-29(25)18-22-10-6-4-7-11-22)24-14-16-28(19-24)21(2)23-12-8-5-9-13-23/h4-13,15,17,21,24H,3,14,16,18-20H2,1-2H3. The highest BCUT2D eigenvalue weighted by atomic mass is 15.3. The summed E-state index contributed by atoms with van der Waals surface area (Å²) in [7, 11) is 0. The van der Waals surface area contributed by atoms with Gasteiger partial charge in [-0.15, -0.1) is 0 Å². The second kappa shape index (κ2) is 9.38. The quantitative estimate of drug-likeness (QED) is 0.564. The second-order valence-corrected chi connectivity index (χ2v) is 8.04. The monoisotopic (exact) mass is 388 g/mol. The van der Waals surface area contributed by atoms with Gasteiger partial charge in [0.1, 0.15) is 5.82 Å². The van der Waals surface area contributed by atoms with Gasteiger partial charge in [0.2, 0.25) is 0 Å². The number of benzene rings is 2. The molecule has 152 valence electrons. The number of likely N-dealkylation sites (tertiary alicyclic amines) is 1. The van der Waals surface area contributed by atoms with Gasteiger partial charge in [-0.25, -0.2) is 4.98 Å². The molecule has 0 saturated carbocycles. The van der Waals surface area contributed by atoms with E-state index in [1.807, 2.05) is 6.20 Å². The van der Waals surface area contributed by atoms with Crippen molar-refractivity contribution in [2.75, 3.05) is 19.6 Å². The van der Waals surface area contributed by atoms with Gasteiger partial charge in [0.25, 0.3) is 0 Å². The number of imidazole rings is 1. The summed E-state index contributed by atoms with van der Waals surface area (Å²) in [4.78, 5) is 9.90. The predicted octanol–water partition coefficient (Wildman–Crippen LogP) is 4.59. The summed E-state index contributed by atoms with van der Waals surface area (Å²) < 4.78 is 2.29. The molecule has 2 atom stereocenters. The lowest BCUT2D eigenvalue weighted by atomic mass is 10.1. The maximum atomic E-state index is 4.68. The van der Waals surface area contributed by atoms with Crippen LogP contribution in [0.2, 0.25) is 0 Å². The van der Waals surface area contributed by atoms with Gasteiger partial charge in [0.05, 0.1) is 6.54 Å². The van der Waals surface area contributed by atoms with Crippen LogP contribution in [0.1, 0.15) is 43.3 Å². The third-order valence-electron chi connectivity index (χ3n) is 6.29. The highest BCUT2D eigenvalue weighted by Gasteiger charge is 2.30. The smallest absolute Gasteiger partial charge is 0.123 e. The Kier molecular flexibility index (Phi) is 6.43. The summed E-state index contributed by atoms with van der Waals surface area (Å²) in [5.74, 6) is 1.16. The van der Waals surface area contributed by atoms with E-state index in [1.165, 1.54) is 17.5 Å². The van der Waals surface area contributed by atoms with E-state index in [9.17, 15) is 0 Å². The molecule has 0 radical (unpaired) electrons. The van der Waals surface area contributed by atoms with Gasteiger partial charge in [-0.1, -0.05) is 67.6 Å². The molecule has 29 heavy (non-hydrogen) atoms. The Morgan fingerprint density at radius 2 is 1.79 bits per heavy atom. The molecular formula is C25H32N4.